The zero-order chi connectivity index (χ0) is 12.7. The van der Waals surface area contributed by atoms with Crippen LogP contribution in [0.1, 0.15) is 47.0 Å². The van der Waals surface area contributed by atoms with E-state index in [-0.39, 0.29) is 6.10 Å². The number of nitrogens with one attached hydrogen (secondary N) is 1. The predicted molar refractivity (Wildman–Crippen MR) is 70.4 cm³/mol. The summed E-state index contributed by atoms with van der Waals surface area (Å²) < 4.78 is 5.54. The van der Waals surface area contributed by atoms with Crippen LogP contribution in [-0.4, -0.2) is 22.1 Å². The highest BCUT2D eigenvalue weighted by molar-refractivity contribution is 5.38. The zero-order valence-electron chi connectivity index (χ0n) is 11.2. The lowest BCUT2D eigenvalue weighted by Gasteiger charge is -2.17. The standard InChI is InChI=1S/C13H23N3O/c1-5-7-11(6-2)16-12-8-13(15-9-14-12)17-10(3)4/h8-11H,5-7H2,1-4H3,(H,14,15,16). The van der Waals surface area contributed by atoms with Crippen LogP contribution in [-0.2, 0) is 0 Å². The molecule has 1 aromatic heterocycles. The maximum absolute atomic E-state index is 5.54. The van der Waals surface area contributed by atoms with Gasteiger partial charge < -0.3 is 10.1 Å². The first-order valence-corrected chi connectivity index (χ1v) is 6.40. The molecule has 0 amide bonds. The van der Waals surface area contributed by atoms with Gasteiger partial charge in [-0.05, 0) is 26.7 Å². The molecule has 1 aromatic rings. The quantitative estimate of drug-likeness (QED) is 0.790. The van der Waals surface area contributed by atoms with Gasteiger partial charge in [0.2, 0.25) is 5.88 Å². The van der Waals surface area contributed by atoms with Crippen molar-refractivity contribution in [1.82, 2.24) is 9.97 Å². The van der Waals surface area contributed by atoms with Gasteiger partial charge >= 0.3 is 0 Å². The van der Waals surface area contributed by atoms with E-state index in [9.17, 15) is 0 Å². The predicted octanol–water partition coefficient (Wildman–Crippen LogP) is 3.25. The van der Waals surface area contributed by atoms with E-state index in [1.165, 1.54) is 6.42 Å². The molecule has 0 saturated carbocycles. The van der Waals surface area contributed by atoms with Gasteiger partial charge in [-0.15, -0.1) is 0 Å². The van der Waals surface area contributed by atoms with Crippen molar-refractivity contribution in [2.24, 2.45) is 0 Å². The Bertz CT molecular complexity index is 328. The molecule has 0 fully saturated rings. The largest absolute Gasteiger partial charge is 0.475 e. The Hall–Kier alpha value is -1.32. The molecule has 1 N–H and O–H groups in total. The van der Waals surface area contributed by atoms with Gasteiger partial charge in [0.1, 0.15) is 12.1 Å². The minimum Gasteiger partial charge on any atom is -0.475 e. The van der Waals surface area contributed by atoms with Crippen molar-refractivity contribution in [2.75, 3.05) is 5.32 Å². The van der Waals surface area contributed by atoms with Crippen LogP contribution in [0.3, 0.4) is 0 Å². The summed E-state index contributed by atoms with van der Waals surface area (Å²) in [7, 11) is 0. The molecule has 1 rings (SSSR count). The minimum atomic E-state index is 0.135. The molecule has 4 heteroatoms. The number of hydrogen-bond donors (Lipinski definition) is 1. The van der Waals surface area contributed by atoms with Crippen molar-refractivity contribution < 1.29 is 4.74 Å². The summed E-state index contributed by atoms with van der Waals surface area (Å²) in [5, 5.41) is 3.41. The molecule has 1 unspecified atom stereocenters. The number of nitrogens with zero attached hydrogens (tertiary/aromatic N) is 2. The molecule has 1 atom stereocenters. The summed E-state index contributed by atoms with van der Waals surface area (Å²) in [4.78, 5) is 8.30. The SMILES string of the molecule is CCCC(CC)Nc1cc(OC(C)C)ncn1. The van der Waals surface area contributed by atoms with E-state index >= 15 is 0 Å². The maximum atomic E-state index is 5.54. The minimum absolute atomic E-state index is 0.135. The fourth-order valence-corrected chi connectivity index (χ4v) is 1.66. The Kier molecular flexibility index (Phi) is 5.73. The van der Waals surface area contributed by atoms with Crippen LogP contribution < -0.4 is 10.1 Å². The number of ether oxygens (including phenoxy) is 1. The summed E-state index contributed by atoms with van der Waals surface area (Å²) in [6, 6.07) is 2.33. The van der Waals surface area contributed by atoms with Crippen LogP contribution in [0.4, 0.5) is 5.82 Å². The van der Waals surface area contributed by atoms with E-state index in [1.54, 1.807) is 6.33 Å². The number of aromatic nitrogens is 2. The van der Waals surface area contributed by atoms with Crippen molar-refractivity contribution >= 4 is 5.82 Å². The summed E-state index contributed by atoms with van der Waals surface area (Å²) in [6.45, 7) is 8.35. The Morgan fingerprint density at radius 1 is 1.29 bits per heavy atom. The zero-order valence-corrected chi connectivity index (χ0v) is 11.2. The summed E-state index contributed by atoms with van der Waals surface area (Å²) >= 11 is 0. The summed E-state index contributed by atoms with van der Waals surface area (Å²) in [6.07, 6.45) is 5.10. The van der Waals surface area contributed by atoms with E-state index in [0.29, 0.717) is 11.9 Å². The first-order valence-electron chi connectivity index (χ1n) is 6.40. The van der Waals surface area contributed by atoms with Crippen molar-refractivity contribution in [3.8, 4) is 5.88 Å². The number of hydrogen-bond acceptors (Lipinski definition) is 4. The van der Waals surface area contributed by atoms with Gasteiger partial charge in [-0.3, -0.25) is 0 Å². The van der Waals surface area contributed by atoms with Crippen LogP contribution in [0, 0.1) is 0 Å². The first-order chi connectivity index (χ1) is 8.15. The van der Waals surface area contributed by atoms with Gasteiger partial charge in [-0.2, -0.15) is 0 Å². The fraction of sp³-hybridized carbons (Fsp3) is 0.692. The molecule has 17 heavy (non-hydrogen) atoms. The molecule has 0 aliphatic heterocycles. The molecule has 0 aliphatic carbocycles. The number of anilines is 1. The normalized spacial score (nSPS) is 12.5. The summed E-state index contributed by atoms with van der Waals surface area (Å²) in [5.74, 6) is 1.47. The molecule has 4 nitrogen and oxygen atoms in total. The molecule has 0 aromatic carbocycles. The lowest BCUT2D eigenvalue weighted by Crippen LogP contribution is -2.19. The number of rotatable bonds is 7. The van der Waals surface area contributed by atoms with Gasteiger partial charge in [-0.25, -0.2) is 9.97 Å². The van der Waals surface area contributed by atoms with Crippen molar-refractivity contribution in [2.45, 2.75) is 59.1 Å². The molecule has 1 heterocycles. The molecular weight excluding hydrogens is 214 g/mol. The Morgan fingerprint density at radius 3 is 2.65 bits per heavy atom. The molecule has 0 radical (unpaired) electrons. The lowest BCUT2D eigenvalue weighted by atomic mass is 10.1. The van der Waals surface area contributed by atoms with Crippen LogP contribution in [0.5, 0.6) is 5.88 Å². The highest BCUT2D eigenvalue weighted by Crippen LogP contribution is 2.15. The van der Waals surface area contributed by atoms with Gasteiger partial charge in [0, 0.05) is 12.1 Å². The third-order valence-corrected chi connectivity index (χ3v) is 2.48. The van der Waals surface area contributed by atoms with Crippen LogP contribution >= 0.6 is 0 Å². The topological polar surface area (TPSA) is 47.0 Å². The second-order valence-electron chi connectivity index (χ2n) is 4.45. The van der Waals surface area contributed by atoms with Gasteiger partial charge in [0.05, 0.1) is 6.10 Å². The molecule has 0 aliphatic rings. The van der Waals surface area contributed by atoms with Crippen LogP contribution in [0.15, 0.2) is 12.4 Å². The van der Waals surface area contributed by atoms with E-state index in [4.69, 9.17) is 4.74 Å². The molecule has 0 spiro atoms. The smallest absolute Gasteiger partial charge is 0.218 e. The molecule has 96 valence electrons. The average molecular weight is 237 g/mol. The highest BCUT2D eigenvalue weighted by atomic mass is 16.5. The van der Waals surface area contributed by atoms with Gasteiger partial charge in [0.25, 0.3) is 0 Å². The Labute approximate surface area is 104 Å². The third kappa shape index (κ3) is 5.02. The molecule has 0 saturated heterocycles. The van der Waals surface area contributed by atoms with Gasteiger partial charge in [0.15, 0.2) is 0 Å². The maximum Gasteiger partial charge on any atom is 0.218 e. The monoisotopic (exact) mass is 237 g/mol. The van der Waals surface area contributed by atoms with Crippen molar-refractivity contribution in [1.29, 1.82) is 0 Å². The highest BCUT2D eigenvalue weighted by Gasteiger charge is 2.07. The Balaban J connectivity index is 2.63. The first kappa shape index (κ1) is 13.7. The van der Waals surface area contributed by atoms with Gasteiger partial charge in [-0.1, -0.05) is 20.3 Å². The third-order valence-electron chi connectivity index (χ3n) is 2.48. The molecule has 0 bridgehead atoms. The Morgan fingerprint density at radius 2 is 2.06 bits per heavy atom. The van der Waals surface area contributed by atoms with Crippen molar-refractivity contribution in [3.63, 3.8) is 0 Å². The molecular formula is C13H23N3O. The second-order valence-corrected chi connectivity index (χ2v) is 4.45. The lowest BCUT2D eigenvalue weighted by molar-refractivity contribution is 0.232. The second kappa shape index (κ2) is 7.09. The van der Waals surface area contributed by atoms with E-state index in [0.717, 1.165) is 18.7 Å². The average Bonchev–Trinajstić information content (AvgIpc) is 2.28. The fourth-order valence-electron chi connectivity index (χ4n) is 1.66. The van der Waals surface area contributed by atoms with Crippen LogP contribution in [0.25, 0.3) is 0 Å². The van der Waals surface area contributed by atoms with E-state index < -0.39 is 0 Å². The van der Waals surface area contributed by atoms with Crippen LogP contribution in [0.2, 0.25) is 0 Å². The summed E-state index contributed by atoms with van der Waals surface area (Å²) in [5.41, 5.74) is 0. The van der Waals surface area contributed by atoms with E-state index in [1.807, 2.05) is 19.9 Å². The van der Waals surface area contributed by atoms with Crippen molar-refractivity contribution in [3.05, 3.63) is 12.4 Å². The van der Waals surface area contributed by atoms with E-state index in [2.05, 4.69) is 29.1 Å².